The molecule has 0 spiro atoms. The Morgan fingerprint density at radius 3 is 2.41 bits per heavy atom. The van der Waals surface area contributed by atoms with Crippen molar-refractivity contribution < 1.29 is 14.3 Å². The predicted octanol–water partition coefficient (Wildman–Crippen LogP) is 3.12. The summed E-state index contributed by atoms with van der Waals surface area (Å²) in [5, 5.41) is 8.60. The van der Waals surface area contributed by atoms with E-state index in [2.05, 4.69) is 25.9 Å². The van der Waals surface area contributed by atoms with Gasteiger partial charge in [0.25, 0.3) is 5.91 Å². The van der Waals surface area contributed by atoms with Gasteiger partial charge in [0, 0.05) is 24.8 Å². The summed E-state index contributed by atoms with van der Waals surface area (Å²) >= 11 is 0. The number of anilines is 3. The highest BCUT2D eigenvalue weighted by atomic mass is 16.5. The molecule has 0 aliphatic heterocycles. The lowest BCUT2D eigenvalue weighted by atomic mass is 10.2. The highest BCUT2D eigenvalue weighted by Gasteiger charge is 2.08. The maximum absolute atomic E-state index is 12.3. The monoisotopic (exact) mass is 391 g/mol. The minimum Gasteiger partial charge on any atom is -0.497 e. The average Bonchev–Trinajstić information content (AvgIpc) is 2.73. The van der Waals surface area contributed by atoms with Gasteiger partial charge >= 0.3 is 0 Å². The van der Waals surface area contributed by atoms with Gasteiger partial charge in [-0.15, -0.1) is 0 Å². The standard InChI is InChI=1S/C21H21N5O3/c1-14(27)25-16-4-3-5-17(10-16)26-20-13-22-19(12-23-20)21(28)24-11-15-6-8-18(29-2)9-7-15/h3-10,12-13H,11H2,1-2H3,(H,23,26)(H,24,28)(H,25,27). The summed E-state index contributed by atoms with van der Waals surface area (Å²) in [5.41, 5.74) is 2.58. The molecule has 3 aromatic rings. The summed E-state index contributed by atoms with van der Waals surface area (Å²) in [6.45, 7) is 1.82. The van der Waals surface area contributed by atoms with Crippen LogP contribution >= 0.6 is 0 Å². The molecule has 2 amide bonds. The number of benzene rings is 2. The highest BCUT2D eigenvalue weighted by molar-refractivity contribution is 5.92. The Balaban J connectivity index is 1.57. The van der Waals surface area contributed by atoms with Crippen molar-refractivity contribution in [2.75, 3.05) is 17.7 Å². The first kappa shape index (κ1) is 19.8. The lowest BCUT2D eigenvalue weighted by molar-refractivity contribution is -0.114. The minimum atomic E-state index is -0.312. The lowest BCUT2D eigenvalue weighted by Gasteiger charge is -2.09. The van der Waals surface area contributed by atoms with Gasteiger partial charge in [-0.25, -0.2) is 9.97 Å². The molecule has 0 aliphatic rings. The van der Waals surface area contributed by atoms with Gasteiger partial charge in [-0.1, -0.05) is 18.2 Å². The number of methoxy groups -OCH3 is 1. The van der Waals surface area contributed by atoms with Crippen LogP contribution in [0.5, 0.6) is 5.75 Å². The molecule has 0 atom stereocenters. The molecule has 0 unspecified atom stereocenters. The topological polar surface area (TPSA) is 105 Å². The Kier molecular flexibility index (Phi) is 6.36. The molecule has 3 N–H and O–H groups in total. The van der Waals surface area contributed by atoms with Gasteiger partial charge in [0.05, 0.1) is 19.5 Å². The van der Waals surface area contributed by atoms with Gasteiger partial charge in [0.1, 0.15) is 17.3 Å². The largest absolute Gasteiger partial charge is 0.497 e. The van der Waals surface area contributed by atoms with Crippen LogP contribution in [0.25, 0.3) is 0 Å². The summed E-state index contributed by atoms with van der Waals surface area (Å²) in [6, 6.07) is 14.6. The zero-order chi connectivity index (χ0) is 20.6. The molecular weight excluding hydrogens is 370 g/mol. The summed E-state index contributed by atoms with van der Waals surface area (Å²) in [7, 11) is 1.60. The Labute approximate surface area is 168 Å². The highest BCUT2D eigenvalue weighted by Crippen LogP contribution is 2.18. The van der Waals surface area contributed by atoms with Gasteiger partial charge in [0.15, 0.2) is 0 Å². The number of carbonyl (C=O) groups excluding carboxylic acids is 2. The summed E-state index contributed by atoms with van der Waals surface area (Å²) in [5.74, 6) is 0.785. The molecular formula is C21H21N5O3. The number of hydrogen-bond acceptors (Lipinski definition) is 6. The van der Waals surface area contributed by atoms with E-state index in [9.17, 15) is 9.59 Å². The van der Waals surface area contributed by atoms with Gasteiger partial charge in [-0.2, -0.15) is 0 Å². The second kappa shape index (κ2) is 9.32. The predicted molar refractivity (Wildman–Crippen MR) is 110 cm³/mol. The van der Waals surface area contributed by atoms with Crippen LogP contribution in [0.15, 0.2) is 60.9 Å². The fourth-order valence-electron chi connectivity index (χ4n) is 2.55. The van der Waals surface area contributed by atoms with Crippen molar-refractivity contribution in [3.63, 3.8) is 0 Å². The first-order valence-electron chi connectivity index (χ1n) is 8.91. The summed E-state index contributed by atoms with van der Waals surface area (Å²) in [4.78, 5) is 31.8. The second-order valence-corrected chi connectivity index (χ2v) is 6.20. The minimum absolute atomic E-state index is 0.146. The van der Waals surface area contributed by atoms with E-state index in [4.69, 9.17) is 4.74 Å². The molecule has 3 rings (SSSR count). The van der Waals surface area contributed by atoms with Crippen molar-refractivity contribution in [1.29, 1.82) is 0 Å². The third-order valence-electron chi connectivity index (χ3n) is 3.95. The Morgan fingerprint density at radius 2 is 1.76 bits per heavy atom. The maximum atomic E-state index is 12.3. The van der Waals surface area contributed by atoms with Crippen LogP contribution in [0.1, 0.15) is 23.0 Å². The van der Waals surface area contributed by atoms with Crippen molar-refractivity contribution >= 4 is 29.0 Å². The molecule has 8 heteroatoms. The molecule has 148 valence electrons. The Hall–Kier alpha value is -3.94. The Bertz CT molecular complexity index is 988. The molecule has 0 saturated carbocycles. The van der Waals surface area contributed by atoms with Crippen LogP contribution in [0.3, 0.4) is 0 Å². The first-order valence-corrected chi connectivity index (χ1v) is 8.91. The van der Waals surface area contributed by atoms with E-state index in [1.165, 1.54) is 19.3 Å². The van der Waals surface area contributed by atoms with Crippen LogP contribution in [0.2, 0.25) is 0 Å². The van der Waals surface area contributed by atoms with Crippen molar-refractivity contribution in [3.05, 3.63) is 72.2 Å². The molecule has 29 heavy (non-hydrogen) atoms. The van der Waals surface area contributed by atoms with Crippen molar-refractivity contribution in [2.24, 2.45) is 0 Å². The maximum Gasteiger partial charge on any atom is 0.271 e. The van der Waals surface area contributed by atoms with E-state index >= 15 is 0 Å². The normalized spacial score (nSPS) is 10.1. The molecule has 0 bridgehead atoms. The van der Waals surface area contributed by atoms with Crippen LogP contribution in [-0.2, 0) is 11.3 Å². The van der Waals surface area contributed by atoms with Crippen molar-refractivity contribution in [1.82, 2.24) is 15.3 Å². The SMILES string of the molecule is COc1ccc(CNC(=O)c2cnc(Nc3cccc(NC(C)=O)c3)cn2)cc1. The molecule has 2 aromatic carbocycles. The fourth-order valence-corrected chi connectivity index (χ4v) is 2.55. The number of aromatic nitrogens is 2. The van der Waals surface area contributed by atoms with Crippen molar-refractivity contribution in [2.45, 2.75) is 13.5 Å². The molecule has 1 aromatic heterocycles. The van der Waals surface area contributed by atoms with Gasteiger partial charge in [-0.3, -0.25) is 9.59 Å². The van der Waals surface area contributed by atoms with Gasteiger partial charge in [-0.05, 0) is 35.9 Å². The third-order valence-corrected chi connectivity index (χ3v) is 3.95. The smallest absolute Gasteiger partial charge is 0.271 e. The van der Waals surface area contributed by atoms with Crippen LogP contribution in [0, 0.1) is 0 Å². The number of rotatable bonds is 7. The number of nitrogens with one attached hydrogen (secondary N) is 3. The summed E-state index contributed by atoms with van der Waals surface area (Å²) < 4.78 is 5.11. The van der Waals surface area contributed by atoms with E-state index in [0.29, 0.717) is 18.1 Å². The average molecular weight is 391 g/mol. The number of hydrogen-bond donors (Lipinski definition) is 3. The lowest BCUT2D eigenvalue weighted by Crippen LogP contribution is -2.24. The van der Waals surface area contributed by atoms with E-state index < -0.39 is 0 Å². The van der Waals surface area contributed by atoms with Crippen LogP contribution < -0.4 is 20.7 Å². The zero-order valence-electron chi connectivity index (χ0n) is 16.1. The molecule has 1 heterocycles. The number of ether oxygens (including phenoxy) is 1. The fraction of sp³-hybridized carbons (Fsp3) is 0.143. The Morgan fingerprint density at radius 1 is 1.00 bits per heavy atom. The molecule has 8 nitrogen and oxygen atoms in total. The number of nitrogens with zero attached hydrogens (tertiary/aromatic N) is 2. The van der Waals surface area contributed by atoms with Gasteiger partial charge < -0.3 is 20.7 Å². The van der Waals surface area contributed by atoms with Gasteiger partial charge in [0.2, 0.25) is 5.91 Å². The van der Waals surface area contributed by atoms with Crippen LogP contribution in [0.4, 0.5) is 17.2 Å². The molecule has 0 fully saturated rings. The van der Waals surface area contributed by atoms with E-state index in [1.54, 1.807) is 19.2 Å². The first-order chi connectivity index (χ1) is 14.0. The van der Waals surface area contributed by atoms with E-state index in [0.717, 1.165) is 17.0 Å². The molecule has 0 saturated heterocycles. The van der Waals surface area contributed by atoms with Crippen molar-refractivity contribution in [3.8, 4) is 5.75 Å². The second-order valence-electron chi connectivity index (χ2n) is 6.20. The van der Waals surface area contributed by atoms with E-state index in [1.807, 2.05) is 36.4 Å². The number of carbonyl (C=O) groups is 2. The quantitative estimate of drug-likeness (QED) is 0.572. The third kappa shape index (κ3) is 5.77. The van der Waals surface area contributed by atoms with E-state index in [-0.39, 0.29) is 17.5 Å². The zero-order valence-corrected chi connectivity index (χ0v) is 16.1. The molecule has 0 aliphatic carbocycles. The molecule has 0 radical (unpaired) electrons. The summed E-state index contributed by atoms with van der Waals surface area (Å²) in [6.07, 6.45) is 2.89. The number of amides is 2. The van der Waals surface area contributed by atoms with Crippen LogP contribution in [-0.4, -0.2) is 28.9 Å².